The van der Waals surface area contributed by atoms with Crippen molar-refractivity contribution in [1.82, 2.24) is 0 Å². The number of carbonyl (C=O) groups is 2. The average Bonchev–Trinajstić information content (AvgIpc) is 2.65. The Morgan fingerprint density at radius 2 is 1.81 bits per heavy atom. The molecule has 1 atom stereocenters. The molecule has 0 radical (unpaired) electrons. The lowest BCUT2D eigenvalue weighted by Crippen LogP contribution is -2.22. The average molecular weight is 365 g/mol. The first-order valence-electron chi connectivity index (χ1n) is 8.52. The third-order valence-corrected chi connectivity index (χ3v) is 4.17. The SMILES string of the molecule is Cc1ccc2oc(-c3ccccc3)cc(=N[C@@H](CCC(=O)O)C(=O)O)c2c1. The highest BCUT2D eigenvalue weighted by atomic mass is 16.4. The normalized spacial score (nSPS) is 12.9. The van der Waals surface area contributed by atoms with Crippen LogP contribution in [-0.2, 0) is 9.59 Å². The Balaban J connectivity index is 2.20. The molecular weight excluding hydrogens is 346 g/mol. The largest absolute Gasteiger partial charge is 0.481 e. The number of carboxylic acids is 2. The van der Waals surface area contributed by atoms with E-state index in [0.29, 0.717) is 22.1 Å². The lowest BCUT2D eigenvalue weighted by atomic mass is 10.1. The number of hydrogen-bond acceptors (Lipinski definition) is 4. The summed E-state index contributed by atoms with van der Waals surface area (Å²) in [7, 11) is 0. The van der Waals surface area contributed by atoms with Crippen LogP contribution in [0.15, 0.2) is 64.0 Å². The number of rotatable bonds is 6. The molecule has 0 aliphatic heterocycles. The van der Waals surface area contributed by atoms with Gasteiger partial charge in [0.25, 0.3) is 0 Å². The zero-order chi connectivity index (χ0) is 19.4. The van der Waals surface area contributed by atoms with Crippen LogP contribution in [0.4, 0.5) is 0 Å². The second-order valence-corrected chi connectivity index (χ2v) is 6.28. The molecule has 2 aromatic carbocycles. The second kappa shape index (κ2) is 7.86. The van der Waals surface area contributed by atoms with Gasteiger partial charge in [-0.05, 0) is 25.5 Å². The van der Waals surface area contributed by atoms with Crippen LogP contribution in [0.1, 0.15) is 18.4 Å². The third kappa shape index (κ3) is 4.41. The van der Waals surface area contributed by atoms with Gasteiger partial charge >= 0.3 is 11.9 Å². The molecule has 6 heteroatoms. The number of aryl methyl sites for hydroxylation is 1. The molecule has 3 rings (SSSR count). The molecule has 0 spiro atoms. The van der Waals surface area contributed by atoms with Crippen molar-refractivity contribution in [3.8, 4) is 11.3 Å². The fourth-order valence-corrected chi connectivity index (χ4v) is 2.81. The lowest BCUT2D eigenvalue weighted by molar-refractivity contribution is -0.139. The number of fused-ring (bicyclic) bond motifs is 1. The Bertz CT molecular complexity index is 1050. The van der Waals surface area contributed by atoms with Crippen LogP contribution in [-0.4, -0.2) is 28.2 Å². The van der Waals surface area contributed by atoms with E-state index in [2.05, 4.69) is 4.99 Å². The van der Waals surface area contributed by atoms with E-state index in [1.165, 1.54) is 0 Å². The van der Waals surface area contributed by atoms with Crippen molar-refractivity contribution >= 4 is 22.9 Å². The van der Waals surface area contributed by atoms with Gasteiger partial charge in [-0.15, -0.1) is 0 Å². The number of aliphatic carboxylic acids is 2. The number of carboxylic acid groups (broad SMARTS) is 2. The van der Waals surface area contributed by atoms with Crippen LogP contribution in [0, 0.1) is 6.92 Å². The summed E-state index contributed by atoms with van der Waals surface area (Å²) in [6, 6.07) is 15.6. The van der Waals surface area contributed by atoms with Gasteiger partial charge in [0.1, 0.15) is 17.4 Å². The second-order valence-electron chi connectivity index (χ2n) is 6.28. The summed E-state index contributed by atoms with van der Waals surface area (Å²) < 4.78 is 5.98. The summed E-state index contributed by atoms with van der Waals surface area (Å²) in [5.41, 5.74) is 2.41. The molecule has 3 aromatic rings. The molecule has 138 valence electrons. The monoisotopic (exact) mass is 365 g/mol. The van der Waals surface area contributed by atoms with Crippen molar-refractivity contribution in [2.45, 2.75) is 25.8 Å². The first kappa shape index (κ1) is 18.4. The minimum Gasteiger partial charge on any atom is -0.481 e. The van der Waals surface area contributed by atoms with Gasteiger partial charge in [0.05, 0.1) is 5.36 Å². The number of hydrogen-bond donors (Lipinski definition) is 2. The van der Waals surface area contributed by atoms with Crippen molar-refractivity contribution in [3.05, 3.63) is 65.5 Å². The molecule has 0 amide bonds. The molecule has 0 bridgehead atoms. The zero-order valence-electron chi connectivity index (χ0n) is 14.8. The van der Waals surface area contributed by atoms with E-state index in [9.17, 15) is 14.7 Å². The minimum absolute atomic E-state index is 0.0787. The van der Waals surface area contributed by atoms with Crippen LogP contribution in [0.5, 0.6) is 0 Å². The minimum atomic E-state index is -1.15. The first-order chi connectivity index (χ1) is 12.9. The van der Waals surface area contributed by atoms with Crippen LogP contribution < -0.4 is 5.36 Å². The Morgan fingerprint density at radius 3 is 2.48 bits per heavy atom. The highest BCUT2D eigenvalue weighted by Gasteiger charge is 2.18. The summed E-state index contributed by atoms with van der Waals surface area (Å²) in [4.78, 5) is 26.8. The van der Waals surface area contributed by atoms with Crippen molar-refractivity contribution in [2.24, 2.45) is 4.99 Å². The molecule has 0 saturated heterocycles. The van der Waals surface area contributed by atoms with Crippen molar-refractivity contribution in [3.63, 3.8) is 0 Å². The van der Waals surface area contributed by atoms with E-state index < -0.39 is 18.0 Å². The molecule has 0 saturated carbocycles. The Morgan fingerprint density at radius 1 is 1.07 bits per heavy atom. The van der Waals surface area contributed by atoms with Crippen molar-refractivity contribution < 1.29 is 24.2 Å². The van der Waals surface area contributed by atoms with E-state index in [-0.39, 0.29) is 12.8 Å². The van der Waals surface area contributed by atoms with Gasteiger partial charge in [0.2, 0.25) is 0 Å². The van der Waals surface area contributed by atoms with Gasteiger partial charge in [-0.2, -0.15) is 0 Å². The maximum Gasteiger partial charge on any atom is 0.328 e. The maximum atomic E-state index is 11.6. The molecule has 1 heterocycles. The Labute approximate surface area is 155 Å². The summed E-state index contributed by atoms with van der Waals surface area (Å²) in [6.45, 7) is 1.92. The summed E-state index contributed by atoms with van der Waals surface area (Å²) in [5.74, 6) is -1.64. The van der Waals surface area contributed by atoms with E-state index >= 15 is 0 Å². The molecular formula is C21H19NO5. The number of nitrogens with zero attached hydrogens (tertiary/aromatic N) is 1. The highest BCUT2D eigenvalue weighted by molar-refractivity contribution is 5.80. The summed E-state index contributed by atoms with van der Waals surface area (Å²) in [5, 5.41) is 19.5. The van der Waals surface area contributed by atoms with Gasteiger partial charge in [-0.1, -0.05) is 42.0 Å². The fourth-order valence-electron chi connectivity index (χ4n) is 2.81. The smallest absolute Gasteiger partial charge is 0.328 e. The van der Waals surface area contributed by atoms with Crippen molar-refractivity contribution in [1.29, 1.82) is 0 Å². The molecule has 0 fully saturated rings. The highest BCUT2D eigenvalue weighted by Crippen LogP contribution is 2.22. The predicted molar refractivity (Wildman–Crippen MR) is 100 cm³/mol. The Kier molecular flexibility index (Phi) is 5.35. The summed E-state index contributed by atoms with van der Waals surface area (Å²) >= 11 is 0. The van der Waals surface area contributed by atoms with E-state index in [1.54, 1.807) is 6.07 Å². The third-order valence-electron chi connectivity index (χ3n) is 4.17. The van der Waals surface area contributed by atoms with Gasteiger partial charge in [0, 0.05) is 23.4 Å². The quantitative estimate of drug-likeness (QED) is 0.695. The van der Waals surface area contributed by atoms with Gasteiger partial charge in [0.15, 0.2) is 0 Å². The molecule has 27 heavy (non-hydrogen) atoms. The van der Waals surface area contributed by atoms with Crippen LogP contribution in [0.2, 0.25) is 0 Å². The van der Waals surface area contributed by atoms with Crippen LogP contribution >= 0.6 is 0 Å². The molecule has 0 aliphatic rings. The van der Waals surface area contributed by atoms with E-state index in [4.69, 9.17) is 9.52 Å². The molecule has 0 unspecified atom stereocenters. The van der Waals surface area contributed by atoms with Gasteiger partial charge in [-0.25, -0.2) is 4.79 Å². The van der Waals surface area contributed by atoms with Crippen molar-refractivity contribution in [2.75, 3.05) is 0 Å². The van der Waals surface area contributed by atoms with Gasteiger partial charge in [-0.3, -0.25) is 9.79 Å². The summed E-state index contributed by atoms with van der Waals surface area (Å²) in [6.07, 6.45) is -0.342. The molecule has 6 nitrogen and oxygen atoms in total. The standard InChI is InChI=1S/C21H19NO5/c1-13-7-9-18-15(11-13)17(22-16(21(25)26)8-10-20(23)24)12-19(27-18)14-5-3-2-4-6-14/h2-7,9,11-12,16H,8,10H2,1H3,(H,23,24)(H,25,26)/t16-/m0/s1. The van der Waals surface area contributed by atoms with E-state index in [0.717, 1.165) is 11.1 Å². The lowest BCUT2D eigenvalue weighted by Gasteiger charge is -2.09. The van der Waals surface area contributed by atoms with Crippen LogP contribution in [0.25, 0.3) is 22.3 Å². The molecule has 0 aliphatic carbocycles. The molecule has 1 aromatic heterocycles. The van der Waals surface area contributed by atoms with Crippen LogP contribution in [0.3, 0.4) is 0 Å². The maximum absolute atomic E-state index is 11.6. The predicted octanol–water partition coefficient (Wildman–Crippen LogP) is 3.63. The number of benzene rings is 2. The fraction of sp³-hybridized carbons (Fsp3) is 0.190. The zero-order valence-corrected chi connectivity index (χ0v) is 14.8. The van der Waals surface area contributed by atoms with Gasteiger partial charge < -0.3 is 14.6 Å². The first-order valence-corrected chi connectivity index (χ1v) is 8.52. The Hall–Kier alpha value is -3.41. The molecule has 2 N–H and O–H groups in total. The topological polar surface area (TPSA) is 100 Å². The van der Waals surface area contributed by atoms with E-state index in [1.807, 2.05) is 55.5 Å².